The van der Waals surface area contributed by atoms with Crippen LogP contribution in [0.2, 0.25) is 5.02 Å². The molecule has 4 nitrogen and oxygen atoms in total. The first-order chi connectivity index (χ1) is 11.7. The maximum atomic E-state index is 11.2. The third kappa shape index (κ3) is 3.65. The van der Waals surface area contributed by atoms with Gasteiger partial charge in [-0.25, -0.2) is 0 Å². The molecule has 0 spiro atoms. The van der Waals surface area contributed by atoms with Crippen LogP contribution in [0.4, 0.5) is 5.69 Å². The number of methoxy groups -OCH3 is 1. The predicted octanol–water partition coefficient (Wildman–Crippen LogP) is 4.21. The van der Waals surface area contributed by atoms with Crippen molar-refractivity contribution >= 4 is 23.6 Å². The van der Waals surface area contributed by atoms with Crippen molar-refractivity contribution in [3.05, 3.63) is 53.1 Å². The molecule has 0 unspecified atom stereocenters. The van der Waals surface area contributed by atoms with E-state index in [-0.39, 0.29) is 6.10 Å². The van der Waals surface area contributed by atoms with Crippen molar-refractivity contribution in [2.24, 2.45) is 0 Å². The SMILES string of the molecule is COc1c(C=O)cccc1N1CCC(Oc2ccc(Cl)cc2)CC1. The van der Waals surface area contributed by atoms with Crippen molar-refractivity contribution < 1.29 is 14.3 Å². The smallest absolute Gasteiger partial charge is 0.153 e. The number of carbonyl (C=O) groups is 1. The first-order valence-corrected chi connectivity index (χ1v) is 8.38. The Balaban J connectivity index is 1.65. The minimum Gasteiger partial charge on any atom is -0.494 e. The Kier molecular flexibility index (Phi) is 5.26. The summed E-state index contributed by atoms with van der Waals surface area (Å²) in [6.45, 7) is 1.72. The van der Waals surface area contributed by atoms with Gasteiger partial charge >= 0.3 is 0 Å². The molecule has 24 heavy (non-hydrogen) atoms. The normalized spacial score (nSPS) is 15.2. The van der Waals surface area contributed by atoms with E-state index in [9.17, 15) is 4.79 Å². The van der Waals surface area contributed by atoms with E-state index in [1.165, 1.54) is 0 Å². The highest BCUT2D eigenvalue weighted by molar-refractivity contribution is 6.30. The van der Waals surface area contributed by atoms with Crippen LogP contribution in [0.5, 0.6) is 11.5 Å². The molecule has 126 valence electrons. The standard InChI is InChI=1S/C19H20ClNO3/c1-23-19-14(13-22)3-2-4-18(19)21-11-9-17(10-12-21)24-16-7-5-15(20)6-8-16/h2-8,13,17H,9-12H2,1H3. The first-order valence-electron chi connectivity index (χ1n) is 8.00. The quantitative estimate of drug-likeness (QED) is 0.761. The molecule has 0 aliphatic carbocycles. The lowest BCUT2D eigenvalue weighted by atomic mass is 10.1. The fourth-order valence-corrected chi connectivity index (χ4v) is 3.15. The minimum absolute atomic E-state index is 0.183. The first kappa shape index (κ1) is 16.7. The van der Waals surface area contributed by atoms with Crippen LogP contribution in [0.25, 0.3) is 0 Å². The third-order valence-corrected chi connectivity index (χ3v) is 4.51. The lowest BCUT2D eigenvalue weighted by Gasteiger charge is -2.34. The summed E-state index contributed by atoms with van der Waals surface area (Å²) >= 11 is 5.90. The molecule has 5 heteroatoms. The van der Waals surface area contributed by atoms with Crippen molar-refractivity contribution in [2.75, 3.05) is 25.1 Å². The van der Waals surface area contributed by atoms with E-state index < -0.39 is 0 Å². The number of anilines is 1. The number of hydrogen-bond donors (Lipinski definition) is 0. The molecule has 3 rings (SSSR count). The van der Waals surface area contributed by atoms with Gasteiger partial charge in [0.05, 0.1) is 18.4 Å². The molecule has 0 atom stereocenters. The largest absolute Gasteiger partial charge is 0.494 e. The highest BCUT2D eigenvalue weighted by Crippen LogP contribution is 2.33. The Morgan fingerprint density at radius 3 is 2.46 bits per heavy atom. The molecule has 0 amide bonds. The van der Waals surface area contributed by atoms with Gasteiger partial charge in [-0.05, 0) is 36.4 Å². The van der Waals surface area contributed by atoms with Crippen LogP contribution >= 0.6 is 11.6 Å². The highest BCUT2D eigenvalue weighted by atomic mass is 35.5. The minimum atomic E-state index is 0.183. The Labute approximate surface area is 146 Å². The number of rotatable bonds is 5. The van der Waals surface area contributed by atoms with E-state index in [2.05, 4.69) is 4.90 Å². The molecule has 0 aromatic heterocycles. The molecule has 0 N–H and O–H groups in total. The number of ether oxygens (including phenoxy) is 2. The Morgan fingerprint density at radius 1 is 1.12 bits per heavy atom. The number of benzene rings is 2. The zero-order valence-corrected chi connectivity index (χ0v) is 14.3. The summed E-state index contributed by atoms with van der Waals surface area (Å²) in [4.78, 5) is 13.4. The summed E-state index contributed by atoms with van der Waals surface area (Å²) in [5.74, 6) is 1.49. The van der Waals surface area contributed by atoms with Gasteiger partial charge in [0, 0.05) is 31.0 Å². The van der Waals surface area contributed by atoms with Crippen LogP contribution in [-0.2, 0) is 0 Å². The van der Waals surface area contributed by atoms with Gasteiger partial charge in [0.1, 0.15) is 11.9 Å². The summed E-state index contributed by atoms with van der Waals surface area (Å²) in [5.41, 5.74) is 1.54. The maximum Gasteiger partial charge on any atom is 0.153 e. The molecule has 1 aliphatic heterocycles. The molecular formula is C19H20ClNO3. The second-order valence-corrected chi connectivity index (χ2v) is 6.21. The van der Waals surface area contributed by atoms with Gasteiger partial charge in [0.15, 0.2) is 12.0 Å². The average Bonchev–Trinajstić information content (AvgIpc) is 2.63. The Hall–Kier alpha value is -2.20. The molecule has 2 aromatic carbocycles. The lowest BCUT2D eigenvalue weighted by Crippen LogP contribution is -2.38. The van der Waals surface area contributed by atoms with E-state index in [4.69, 9.17) is 21.1 Å². The Bertz CT molecular complexity index is 694. The van der Waals surface area contributed by atoms with Crippen molar-refractivity contribution in [1.29, 1.82) is 0 Å². The van der Waals surface area contributed by atoms with E-state index in [1.807, 2.05) is 36.4 Å². The van der Waals surface area contributed by atoms with Gasteiger partial charge in [0.2, 0.25) is 0 Å². The molecule has 1 fully saturated rings. The highest BCUT2D eigenvalue weighted by Gasteiger charge is 2.23. The van der Waals surface area contributed by atoms with Gasteiger partial charge in [-0.15, -0.1) is 0 Å². The summed E-state index contributed by atoms with van der Waals surface area (Å²) in [6, 6.07) is 13.1. The molecule has 2 aromatic rings. The zero-order valence-electron chi connectivity index (χ0n) is 13.6. The van der Waals surface area contributed by atoms with Gasteiger partial charge < -0.3 is 14.4 Å². The number of aldehydes is 1. The van der Waals surface area contributed by atoms with Crippen LogP contribution in [0.15, 0.2) is 42.5 Å². The second kappa shape index (κ2) is 7.58. The summed E-state index contributed by atoms with van der Waals surface area (Å²) in [7, 11) is 1.60. The van der Waals surface area contributed by atoms with Crippen LogP contribution in [0.1, 0.15) is 23.2 Å². The van der Waals surface area contributed by atoms with Gasteiger partial charge in [0.25, 0.3) is 0 Å². The van der Waals surface area contributed by atoms with Crippen LogP contribution < -0.4 is 14.4 Å². The zero-order chi connectivity index (χ0) is 16.9. The molecule has 0 saturated carbocycles. The van der Waals surface area contributed by atoms with Crippen LogP contribution in [0.3, 0.4) is 0 Å². The molecule has 1 heterocycles. The third-order valence-electron chi connectivity index (χ3n) is 4.25. The molecule has 0 bridgehead atoms. The van der Waals surface area contributed by atoms with Crippen molar-refractivity contribution in [3.63, 3.8) is 0 Å². The van der Waals surface area contributed by atoms with Crippen molar-refractivity contribution in [1.82, 2.24) is 0 Å². The topological polar surface area (TPSA) is 38.8 Å². The van der Waals surface area contributed by atoms with Crippen molar-refractivity contribution in [2.45, 2.75) is 18.9 Å². The molecule has 1 saturated heterocycles. The number of piperidine rings is 1. The predicted molar refractivity (Wildman–Crippen MR) is 95.7 cm³/mol. The van der Waals surface area contributed by atoms with E-state index >= 15 is 0 Å². The van der Waals surface area contributed by atoms with E-state index in [0.29, 0.717) is 16.3 Å². The van der Waals surface area contributed by atoms with Gasteiger partial charge in [-0.1, -0.05) is 17.7 Å². The van der Waals surface area contributed by atoms with Gasteiger partial charge in [-0.2, -0.15) is 0 Å². The summed E-state index contributed by atoms with van der Waals surface area (Å²) < 4.78 is 11.5. The fourth-order valence-electron chi connectivity index (χ4n) is 3.03. The van der Waals surface area contributed by atoms with E-state index in [0.717, 1.165) is 43.7 Å². The number of halogens is 1. The Morgan fingerprint density at radius 2 is 1.83 bits per heavy atom. The molecule has 1 aliphatic rings. The van der Waals surface area contributed by atoms with Crippen LogP contribution in [-0.4, -0.2) is 32.6 Å². The molecular weight excluding hydrogens is 326 g/mol. The number of para-hydroxylation sites is 1. The second-order valence-electron chi connectivity index (χ2n) is 5.78. The summed E-state index contributed by atoms with van der Waals surface area (Å²) in [5, 5.41) is 0.708. The van der Waals surface area contributed by atoms with Crippen LogP contribution in [0, 0.1) is 0 Å². The average molecular weight is 346 g/mol. The number of hydrogen-bond acceptors (Lipinski definition) is 4. The molecule has 0 radical (unpaired) electrons. The summed E-state index contributed by atoms with van der Waals surface area (Å²) in [6.07, 6.45) is 2.84. The maximum absolute atomic E-state index is 11.2. The number of nitrogens with zero attached hydrogens (tertiary/aromatic N) is 1. The monoisotopic (exact) mass is 345 g/mol. The van der Waals surface area contributed by atoms with Crippen molar-refractivity contribution in [3.8, 4) is 11.5 Å². The van der Waals surface area contributed by atoms with E-state index in [1.54, 1.807) is 13.2 Å². The number of carbonyl (C=O) groups excluding carboxylic acids is 1. The lowest BCUT2D eigenvalue weighted by molar-refractivity contribution is 0.112. The van der Waals surface area contributed by atoms with Gasteiger partial charge in [-0.3, -0.25) is 4.79 Å². The fraction of sp³-hybridized carbons (Fsp3) is 0.316.